The Morgan fingerprint density at radius 3 is 2.80 bits per heavy atom. The second-order valence-corrected chi connectivity index (χ2v) is 5.53. The van der Waals surface area contributed by atoms with Gasteiger partial charge >= 0.3 is 0 Å². The van der Waals surface area contributed by atoms with Crippen molar-refractivity contribution < 1.29 is 4.79 Å². The standard InChI is InChI=1S/C17H22N2O/c1-13-7-9-15(10-8-13)17(20)19-16-6-2-4-14(12-16)5-3-11-18/h2,4,6,12-13,15H,7-11,18H2,1H3,(H,19,20). The Morgan fingerprint density at radius 1 is 1.35 bits per heavy atom. The van der Waals surface area contributed by atoms with Crippen molar-refractivity contribution >= 4 is 11.6 Å². The molecule has 0 aliphatic heterocycles. The molecule has 2 rings (SSSR count). The van der Waals surface area contributed by atoms with Crippen molar-refractivity contribution in [2.45, 2.75) is 32.6 Å². The quantitative estimate of drug-likeness (QED) is 0.812. The lowest BCUT2D eigenvalue weighted by Gasteiger charge is -2.25. The zero-order chi connectivity index (χ0) is 14.4. The fourth-order valence-corrected chi connectivity index (χ4v) is 2.59. The van der Waals surface area contributed by atoms with Gasteiger partial charge in [0.1, 0.15) is 0 Å². The molecule has 0 spiro atoms. The molecule has 1 aromatic carbocycles. The Morgan fingerprint density at radius 2 is 2.10 bits per heavy atom. The summed E-state index contributed by atoms with van der Waals surface area (Å²) in [5.41, 5.74) is 7.06. The van der Waals surface area contributed by atoms with Crippen molar-refractivity contribution in [3.05, 3.63) is 29.8 Å². The topological polar surface area (TPSA) is 55.1 Å². The van der Waals surface area contributed by atoms with Crippen LogP contribution in [0.15, 0.2) is 24.3 Å². The Balaban J connectivity index is 1.97. The first kappa shape index (κ1) is 14.6. The highest BCUT2D eigenvalue weighted by Gasteiger charge is 2.24. The maximum absolute atomic E-state index is 12.2. The van der Waals surface area contributed by atoms with E-state index in [-0.39, 0.29) is 11.8 Å². The lowest BCUT2D eigenvalue weighted by Crippen LogP contribution is -2.26. The van der Waals surface area contributed by atoms with Gasteiger partial charge in [0.15, 0.2) is 0 Å². The SMILES string of the molecule is CC1CCC(C(=O)Nc2cccc(C#CCN)c2)CC1. The maximum Gasteiger partial charge on any atom is 0.227 e. The van der Waals surface area contributed by atoms with Crippen LogP contribution >= 0.6 is 0 Å². The van der Waals surface area contributed by atoms with Gasteiger partial charge in [-0.15, -0.1) is 0 Å². The van der Waals surface area contributed by atoms with Gasteiger partial charge in [-0.3, -0.25) is 4.79 Å². The van der Waals surface area contributed by atoms with Crippen LogP contribution in [0.4, 0.5) is 5.69 Å². The number of hydrogen-bond acceptors (Lipinski definition) is 2. The Bertz CT molecular complexity index is 519. The highest BCUT2D eigenvalue weighted by Crippen LogP contribution is 2.29. The molecule has 3 heteroatoms. The molecule has 0 saturated heterocycles. The highest BCUT2D eigenvalue weighted by atomic mass is 16.1. The first-order valence-electron chi connectivity index (χ1n) is 7.29. The molecule has 1 amide bonds. The molecule has 0 atom stereocenters. The molecule has 1 saturated carbocycles. The number of nitrogens with one attached hydrogen (secondary N) is 1. The molecule has 0 radical (unpaired) electrons. The first-order valence-corrected chi connectivity index (χ1v) is 7.29. The minimum absolute atomic E-state index is 0.140. The number of anilines is 1. The predicted octanol–water partition coefficient (Wildman–Crippen LogP) is 2.76. The average Bonchev–Trinajstić information content (AvgIpc) is 2.46. The van der Waals surface area contributed by atoms with Crippen LogP contribution in [-0.4, -0.2) is 12.5 Å². The van der Waals surface area contributed by atoms with Crippen LogP contribution in [0.2, 0.25) is 0 Å². The van der Waals surface area contributed by atoms with E-state index in [9.17, 15) is 4.79 Å². The number of rotatable bonds is 2. The third kappa shape index (κ3) is 4.11. The predicted molar refractivity (Wildman–Crippen MR) is 82.1 cm³/mol. The van der Waals surface area contributed by atoms with Crippen LogP contribution < -0.4 is 11.1 Å². The second-order valence-electron chi connectivity index (χ2n) is 5.53. The molecule has 1 fully saturated rings. The van der Waals surface area contributed by atoms with Gasteiger partial charge in [-0.25, -0.2) is 0 Å². The van der Waals surface area contributed by atoms with Crippen molar-refractivity contribution in [3.8, 4) is 11.8 Å². The van der Waals surface area contributed by atoms with Crippen molar-refractivity contribution in [3.63, 3.8) is 0 Å². The lowest BCUT2D eigenvalue weighted by molar-refractivity contribution is -0.121. The molecule has 1 aliphatic rings. The monoisotopic (exact) mass is 270 g/mol. The summed E-state index contributed by atoms with van der Waals surface area (Å²) in [4.78, 5) is 12.2. The number of carbonyl (C=O) groups excluding carboxylic acids is 1. The molecule has 3 N–H and O–H groups in total. The molecule has 0 aromatic heterocycles. The van der Waals surface area contributed by atoms with E-state index < -0.39 is 0 Å². The zero-order valence-electron chi connectivity index (χ0n) is 12.0. The van der Waals surface area contributed by atoms with E-state index in [1.807, 2.05) is 24.3 Å². The summed E-state index contributed by atoms with van der Waals surface area (Å²) in [6.45, 7) is 2.60. The van der Waals surface area contributed by atoms with Gasteiger partial charge in [-0.2, -0.15) is 0 Å². The van der Waals surface area contributed by atoms with Gasteiger partial charge in [0, 0.05) is 17.2 Å². The van der Waals surface area contributed by atoms with Crippen molar-refractivity contribution in [2.24, 2.45) is 17.6 Å². The molecule has 20 heavy (non-hydrogen) atoms. The Kier molecular flexibility index (Phi) is 5.20. The summed E-state index contributed by atoms with van der Waals surface area (Å²) in [5.74, 6) is 6.85. The van der Waals surface area contributed by atoms with Crippen molar-refractivity contribution in [2.75, 3.05) is 11.9 Å². The number of benzene rings is 1. The number of hydrogen-bond donors (Lipinski definition) is 2. The van der Waals surface area contributed by atoms with E-state index >= 15 is 0 Å². The molecule has 1 aromatic rings. The molecule has 106 valence electrons. The van der Waals surface area contributed by atoms with Gasteiger partial charge in [0.25, 0.3) is 0 Å². The molecular formula is C17H22N2O. The molecule has 0 unspecified atom stereocenters. The van der Waals surface area contributed by atoms with Crippen LogP contribution in [0.25, 0.3) is 0 Å². The van der Waals surface area contributed by atoms with Crippen LogP contribution in [0, 0.1) is 23.7 Å². The minimum atomic E-state index is 0.140. The molecular weight excluding hydrogens is 248 g/mol. The summed E-state index contributed by atoms with van der Waals surface area (Å²) in [6.07, 6.45) is 4.31. The molecule has 0 heterocycles. The number of amides is 1. The van der Waals surface area contributed by atoms with E-state index in [0.717, 1.165) is 42.9 Å². The van der Waals surface area contributed by atoms with E-state index in [4.69, 9.17) is 5.73 Å². The summed E-state index contributed by atoms with van der Waals surface area (Å²) < 4.78 is 0. The van der Waals surface area contributed by atoms with Crippen molar-refractivity contribution in [1.29, 1.82) is 0 Å². The zero-order valence-corrected chi connectivity index (χ0v) is 12.0. The first-order chi connectivity index (χ1) is 9.69. The number of carbonyl (C=O) groups is 1. The maximum atomic E-state index is 12.2. The average molecular weight is 270 g/mol. The summed E-state index contributed by atoms with van der Waals surface area (Å²) >= 11 is 0. The third-order valence-electron chi connectivity index (χ3n) is 3.85. The van der Waals surface area contributed by atoms with Gasteiger partial charge in [-0.05, 0) is 49.8 Å². The highest BCUT2D eigenvalue weighted by molar-refractivity contribution is 5.92. The smallest absolute Gasteiger partial charge is 0.227 e. The molecule has 0 bridgehead atoms. The van der Waals surface area contributed by atoms with E-state index in [2.05, 4.69) is 24.1 Å². The summed E-state index contributed by atoms with van der Waals surface area (Å²) in [6, 6.07) is 7.61. The largest absolute Gasteiger partial charge is 0.326 e. The molecule has 1 aliphatic carbocycles. The van der Waals surface area contributed by atoms with Crippen LogP contribution in [-0.2, 0) is 4.79 Å². The normalized spacial score (nSPS) is 21.7. The fourth-order valence-electron chi connectivity index (χ4n) is 2.59. The molecule has 3 nitrogen and oxygen atoms in total. The van der Waals surface area contributed by atoms with Gasteiger partial charge in [0.2, 0.25) is 5.91 Å². The van der Waals surface area contributed by atoms with Crippen LogP contribution in [0.5, 0.6) is 0 Å². The lowest BCUT2D eigenvalue weighted by atomic mass is 9.82. The third-order valence-corrected chi connectivity index (χ3v) is 3.85. The minimum Gasteiger partial charge on any atom is -0.326 e. The van der Waals surface area contributed by atoms with E-state index in [0.29, 0.717) is 6.54 Å². The Hall–Kier alpha value is -1.79. The van der Waals surface area contributed by atoms with Crippen LogP contribution in [0.1, 0.15) is 38.2 Å². The van der Waals surface area contributed by atoms with E-state index in [1.165, 1.54) is 0 Å². The van der Waals surface area contributed by atoms with Crippen molar-refractivity contribution in [1.82, 2.24) is 0 Å². The fraction of sp³-hybridized carbons (Fsp3) is 0.471. The van der Waals surface area contributed by atoms with Gasteiger partial charge in [0.05, 0.1) is 6.54 Å². The van der Waals surface area contributed by atoms with Crippen LogP contribution in [0.3, 0.4) is 0 Å². The van der Waals surface area contributed by atoms with E-state index in [1.54, 1.807) is 0 Å². The summed E-state index contributed by atoms with van der Waals surface area (Å²) in [5, 5.41) is 3.01. The van der Waals surface area contributed by atoms with Gasteiger partial charge < -0.3 is 11.1 Å². The Labute approximate surface area is 120 Å². The number of nitrogens with two attached hydrogens (primary N) is 1. The second kappa shape index (κ2) is 7.12. The summed E-state index contributed by atoms with van der Waals surface area (Å²) in [7, 11) is 0. The van der Waals surface area contributed by atoms with Gasteiger partial charge in [-0.1, -0.05) is 24.8 Å².